The maximum atomic E-state index is 11.2. The predicted molar refractivity (Wildman–Crippen MR) is 128 cm³/mol. The van der Waals surface area contributed by atoms with Crippen molar-refractivity contribution < 1.29 is 5.11 Å². The summed E-state index contributed by atoms with van der Waals surface area (Å²) in [7, 11) is 0. The highest BCUT2D eigenvalue weighted by Gasteiger charge is 2.33. The summed E-state index contributed by atoms with van der Waals surface area (Å²) in [4.78, 5) is 2.47. The van der Waals surface area contributed by atoms with Crippen molar-refractivity contribution >= 4 is 37.7 Å². The largest absolute Gasteiger partial charge is 0.385 e. The molecule has 0 aliphatic carbocycles. The molecule has 1 aliphatic rings. The molecule has 0 amide bonds. The Kier molecular flexibility index (Phi) is 5.18. The number of aliphatic hydroxyl groups is 1. The number of hydrogen-bond donors (Lipinski definition) is 1. The number of piperidine rings is 1. The van der Waals surface area contributed by atoms with Crippen molar-refractivity contribution in [3.8, 4) is 0 Å². The third-order valence-electron chi connectivity index (χ3n) is 6.62. The van der Waals surface area contributed by atoms with Gasteiger partial charge in [-0.3, -0.25) is 4.90 Å². The van der Waals surface area contributed by atoms with Gasteiger partial charge < -0.3 is 9.67 Å². The van der Waals surface area contributed by atoms with Gasteiger partial charge in [-0.2, -0.15) is 0 Å². The summed E-state index contributed by atoms with van der Waals surface area (Å²) in [5, 5.41) is 13.8. The average molecular weight is 463 g/mol. The Morgan fingerprint density at radius 2 is 1.60 bits per heavy atom. The molecule has 0 atom stereocenters. The Hall–Kier alpha value is -2.14. The van der Waals surface area contributed by atoms with Crippen LogP contribution in [0.4, 0.5) is 0 Å². The van der Waals surface area contributed by atoms with Crippen LogP contribution in [0.1, 0.15) is 30.9 Å². The molecule has 2 heterocycles. The third-order valence-corrected chi connectivity index (χ3v) is 7.15. The number of rotatable bonds is 4. The van der Waals surface area contributed by atoms with E-state index in [1.165, 1.54) is 27.4 Å². The second-order valence-corrected chi connectivity index (χ2v) is 9.34. The molecule has 1 N–H and O–H groups in total. The molecule has 0 bridgehead atoms. The van der Waals surface area contributed by atoms with Gasteiger partial charge in [-0.1, -0.05) is 52.3 Å². The number of likely N-dealkylation sites (tertiary alicyclic amines) is 1. The minimum Gasteiger partial charge on any atom is -0.385 e. The first-order chi connectivity index (χ1) is 14.6. The van der Waals surface area contributed by atoms with Gasteiger partial charge >= 0.3 is 0 Å². The molecule has 4 aromatic rings. The summed E-state index contributed by atoms with van der Waals surface area (Å²) >= 11 is 3.48. The molecular formula is C26H27BrN2O. The third kappa shape index (κ3) is 3.47. The van der Waals surface area contributed by atoms with E-state index in [9.17, 15) is 5.11 Å². The van der Waals surface area contributed by atoms with Crippen LogP contribution in [-0.2, 0) is 18.7 Å². The molecule has 1 aromatic heterocycles. The highest BCUT2D eigenvalue weighted by Crippen LogP contribution is 2.35. The Balaban J connectivity index is 1.35. The fourth-order valence-electron chi connectivity index (χ4n) is 4.93. The van der Waals surface area contributed by atoms with Crippen LogP contribution in [-0.4, -0.2) is 27.7 Å². The number of aromatic nitrogens is 1. The zero-order valence-corrected chi connectivity index (χ0v) is 18.9. The molecule has 0 saturated carbocycles. The summed E-state index contributed by atoms with van der Waals surface area (Å²) in [5.41, 5.74) is 4.28. The summed E-state index contributed by atoms with van der Waals surface area (Å²) in [6, 6.07) is 23.7. The van der Waals surface area contributed by atoms with Crippen LogP contribution >= 0.6 is 15.9 Å². The lowest BCUT2D eigenvalue weighted by Gasteiger charge is -2.38. The lowest BCUT2D eigenvalue weighted by atomic mass is 9.84. The van der Waals surface area contributed by atoms with Crippen LogP contribution in [0.5, 0.6) is 0 Å². The zero-order chi connectivity index (χ0) is 20.7. The summed E-state index contributed by atoms with van der Waals surface area (Å²) in [6.07, 6.45) is 1.54. The molecule has 1 aliphatic heterocycles. The Morgan fingerprint density at radius 1 is 0.900 bits per heavy atom. The van der Waals surface area contributed by atoms with E-state index in [2.05, 4.69) is 74.8 Å². The van der Waals surface area contributed by atoms with Crippen molar-refractivity contribution in [2.45, 2.75) is 38.5 Å². The van der Waals surface area contributed by atoms with Crippen LogP contribution in [0.3, 0.4) is 0 Å². The number of halogens is 1. The molecular weight excluding hydrogens is 436 g/mol. The van der Waals surface area contributed by atoms with Gasteiger partial charge in [0.15, 0.2) is 0 Å². The topological polar surface area (TPSA) is 28.4 Å². The van der Waals surface area contributed by atoms with Gasteiger partial charge in [0.25, 0.3) is 0 Å². The molecule has 0 radical (unpaired) electrons. The first-order valence-corrected chi connectivity index (χ1v) is 11.6. The van der Waals surface area contributed by atoms with E-state index in [4.69, 9.17) is 0 Å². The maximum Gasteiger partial charge on any atom is 0.0920 e. The second-order valence-electron chi connectivity index (χ2n) is 8.43. The normalized spacial score (nSPS) is 17.0. The monoisotopic (exact) mass is 462 g/mol. The van der Waals surface area contributed by atoms with Gasteiger partial charge in [0.1, 0.15) is 0 Å². The Bertz CT molecular complexity index is 1190. The van der Waals surface area contributed by atoms with Crippen LogP contribution in [0.25, 0.3) is 21.8 Å². The van der Waals surface area contributed by atoms with Crippen LogP contribution in [0, 0.1) is 0 Å². The van der Waals surface area contributed by atoms with Gasteiger partial charge in [0.2, 0.25) is 0 Å². The second kappa shape index (κ2) is 7.84. The molecule has 0 spiro atoms. The number of nitrogens with zero attached hydrogens (tertiary/aromatic N) is 2. The SMILES string of the molecule is CCn1c2ccccc2c2cc(CN3CCC(O)(c4ccc(Br)cc4)CC3)ccc21. The van der Waals surface area contributed by atoms with Crippen LogP contribution in [0.15, 0.2) is 71.2 Å². The predicted octanol–water partition coefficient (Wildman–Crippen LogP) is 6.06. The standard InChI is InChI=1S/C26H27BrN2O/c1-2-29-24-6-4-3-5-22(24)23-17-19(7-12-25(23)29)18-28-15-13-26(30,14-16-28)20-8-10-21(27)11-9-20/h3-12,17,30H,2,13-16,18H2,1H3. The van der Waals surface area contributed by atoms with E-state index in [0.717, 1.165) is 49.1 Å². The molecule has 5 rings (SSSR count). The minimum absolute atomic E-state index is 0.713. The number of benzene rings is 3. The van der Waals surface area contributed by atoms with Crippen molar-refractivity contribution in [1.29, 1.82) is 0 Å². The quantitative estimate of drug-likeness (QED) is 0.399. The maximum absolute atomic E-state index is 11.2. The molecule has 3 aromatic carbocycles. The number of fused-ring (bicyclic) bond motifs is 3. The fourth-order valence-corrected chi connectivity index (χ4v) is 5.19. The van der Waals surface area contributed by atoms with E-state index in [0.29, 0.717) is 0 Å². The smallest absolute Gasteiger partial charge is 0.0920 e. The van der Waals surface area contributed by atoms with Crippen LogP contribution in [0.2, 0.25) is 0 Å². The average Bonchev–Trinajstić information content (AvgIpc) is 3.09. The van der Waals surface area contributed by atoms with E-state index in [1.54, 1.807) is 0 Å². The Morgan fingerprint density at radius 3 is 2.33 bits per heavy atom. The summed E-state index contributed by atoms with van der Waals surface area (Å²) in [5.74, 6) is 0. The highest BCUT2D eigenvalue weighted by atomic mass is 79.9. The summed E-state index contributed by atoms with van der Waals surface area (Å²) in [6.45, 7) is 5.92. The van der Waals surface area contributed by atoms with E-state index < -0.39 is 5.60 Å². The molecule has 0 unspecified atom stereocenters. The molecule has 3 nitrogen and oxygen atoms in total. The number of para-hydroxylation sites is 1. The number of aryl methyl sites for hydroxylation is 1. The molecule has 154 valence electrons. The molecule has 30 heavy (non-hydrogen) atoms. The highest BCUT2D eigenvalue weighted by molar-refractivity contribution is 9.10. The van der Waals surface area contributed by atoms with Gasteiger partial charge in [-0.15, -0.1) is 0 Å². The fraction of sp³-hybridized carbons (Fsp3) is 0.308. The van der Waals surface area contributed by atoms with E-state index >= 15 is 0 Å². The van der Waals surface area contributed by atoms with Crippen molar-refractivity contribution in [1.82, 2.24) is 9.47 Å². The Labute approximate surface area is 186 Å². The minimum atomic E-state index is -0.713. The first-order valence-electron chi connectivity index (χ1n) is 10.8. The van der Waals surface area contributed by atoms with E-state index in [-0.39, 0.29) is 0 Å². The lowest BCUT2D eigenvalue weighted by Crippen LogP contribution is -2.42. The molecule has 1 saturated heterocycles. The van der Waals surface area contributed by atoms with Crippen LogP contribution < -0.4 is 0 Å². The van der Waals surface area contributed by atoms with Crippen molar-refractivity contribution in [2.75, 3.05) is 13.1 Å². The van der Waals surface area contributed by atoms with Gasteiger partial charge in [0, 0.05) is 52.5 Å². The van der Waals surface area contributed by atoms with Gasteiger partial charge in [-0.05, 0) is 61.2 Å². The van der Waals surface area contributed by atoms with Crippen molar-refractivity contribution in [3.05, 3.63) is 82.3 Å². The molecule has 1 fully saturated rings. The molecule has 4 heteroatoms. The van der Waals surface area contributed by atoms with Gasteiger partial charge in [0.05, 0.1) is 5.60 Å². The van der Waals surface area contributed by atoms with Gasteiger partial charge in [-0.25, -0.2) is 0 Å². The lowest BCUT2D eigenvalue weighted by molar-refractivity contribution is -0.0277. The summed E-state index contributed by atoms with van der Waals surface area (Å²) < 4.78 is 3.44. The number of hydrogen-bond acceptors (Lipinski definition) is 2. The van der Waals surface area contributed by atoms with Crippen molar-refractivity contribution in [2.24, 2.45) is 0 Å². The van der Waals surface area contributed by atoms with E-state index in [1.807, 2.05) is 24.3 Å². The first kappa shape index (κ1) is 19.8. The van der Waals surface area contributed by atoms with Crippen molar-refractivity contribution in [3.63, 3.8) is 0 Å². The zero-order valence-electron chi connectivity index (χ0n) is 17.3.